The Kier molecular flexibility index (Phi) is 8.88. The van der Waals surface area contributed by atoms with Gasteiger partial charge in [0.15, 0.2) is 5.96 Å². The first-order chi connectivity index (χ1) is 11.8. The lowest BCUT2D eigenvalue weighted by Crippen LogP contribution is -2.43. The Morgan fingerprint density at radius 1 is 1.20 bits per heavy atom. The van der Waals surface area contributed by atoms with E-state index in [1.165, 1.54) is 0 Å². The van der Waals surface area contributed by atoms with E-state index in [4.69, 9.17) is 9.15 Å². The highest BCUT2D eigenvalue weighted by atomic mass is 16.6. The van der Waals surface area contributed by atoms with Crippen LogP contribution in [0.1, 0.15) is 40.4 Å². The zero-order valence-electron chi connectivity index (χ0n) is 16.0. The van der Waals surface area contributed by atoms with Crippen molar-refractivity contribution >= 4 is 12.1 Å². The van der Waals surface area contributed by atoms with Crippen molar-refractivity contribution in [2.24, 2.45) is 10.9 Å². The van der Waals surface area contributed by atoms with Gasteiger partial charge in [-0.2, -0.15) is 0 Å². The standard InChI is InChI=1S/C18H32N4O3/c1-14(2)13-22-16(19-9-8-15-7-6-12-24-15)20-10-11-21-17(23)25-18(3,4)5/h6-7,12,14H,8-11,13H2,1-5H3,(H,21,23)(H2,19,20,22). The molecule has 0 atom stereocenters. The first-order valence-corrected chi connectivity index (χ1v) is 8.77. The normalized spacial score (nSPS) is 12.2. The number of carbonyl (C=O) groups excluding carboxylic acids is 1. The molecule has 0 saturated carbocycles. The molecule has 0 radical (unpaired) electrons. The molecular formula is C18H32N4O3. The van der Waals surface area contributed by atoms with Gasteiger partial charge >= 0.3 is 6.09 Å². The van der Waals surface area contributed by atoms with E-state index >= 15 is 0 Å². The summed E-state index contributed by atoms with van der Waals surface area (Å²) in [6.45, 7) is 12.2. The van der Waals surface area contributed by atoms with Crippen LogP contribution in [0.2, 0.25) is 0 Å². The molecule has 0 aliphatic carbocycles. The van der Waals surface area contributed by atoms with Gasteiger partial charge < -0.3 is 25.1 Å². The number of hydrogen-bond acceptors (Lipinski definition) is 4. The average molecular weight is 352 g/mol. The summed E-state index contributed by atoms with van der Waals surface area (Å²) in [5.41, 5.74) is -0.491. The summed E-state index contributed by atoms with van der Waals surface area (Å²) < 4.78 is 10.5. The maximum absolute atomic E-state index is 11.6. The van der Waals surface area contributed by atoms with Crippen molar-refractivity contribution < 1.29 is 13.9 Å². The van der Waals surface area contributed by atoms with Crippen molar-refractivity contribution in [3.05, 3.63) is 24.2 Å². The molecule has 0 aliphatic heterocycles. The predicted octanol–water partition coefficient (Wildman–Crippen LogP) is 2.54. The Bertz CT molecular complexity index is 519. The topological polar surface area (TPSA) is 87.9 Å². The molecular weight excluding hydrogens is 320 g/mol. The molecule has 0 unspecified atom stereocenters. The average Bonchev–Trinajstić information content (AvgIpc) is 2.99. The maximum atomic E-state index is 11.6. The van der Waals surface area contributed by atoms with E-state index in [9.17, 15) is 4.79 Å². The van der Waals surface area contributed by atoms with Gasteiger partial charge in [-0.25, -0.2) is 4.79 Å². The lowest BCUT2D eigenvalue weighted by Gasteiger charge is -2.20. The van der Waals surface area contributed by atoms with Gasteiger partial charge in [-0.1, -0.05) is 13.8 Å². The first kappa shape index (κ1) is 20.9. The Balaban J connectivity index is 2.32. The van der Waals surface area contributed by atoms with Crippen LogP contribution < -0.4 is 16.0 Å². The Morgan fingerprint density at radius 3 is 2.48 bits per heavy atom. The van der Waals surface area contributed by atoms with Gasteiger partial charge in [0.25, 0.3) is 0 Å². The summed E-state index contributed by atoms with van der Waals surface area (Å²) in [5.74, 6) is 2.14. The van der Waals surface area contributed by atoms with Gasteiger partial charge in [0.2, 0.25) is 0 Å². The molecule has 1 amide bonds. The van der Waals surface area contributed by atoms with Crippen LogP contribution in [-0.4, -0.2) is 43.8 Å². The Hall–Kier alpha value is -2.18. The summed E-state index contributed by atoms with van der Waals surface area (Å²) in [7, 11) is 0. The van der Waals surface area contributed by atoms with Crippen molar-refractivity contribution in [2.75, 3.05) is 26.2 Å². The molecule has 0 aliphatic rings. The molecule has 1 aromatic rings. The van der Waals surface area contributed by atoms with Crippen molar-refractivity contribution in [1.29, 1.82) is 0 Å². The second-order valence-corrected chi connectivity index (χ2v) is 7.19. The lowest BCUT2D eigenvalue weighted by molar-refractivity contribution is 0.0529. The van der Waals surface area contributed by atoms with E-state index < -0.39 is 11.7 Å². The smallest absolute Gasteiger partial charge is 0.407 e. The monoisotopic (exact) mass is 352 g/mol. The van der Waals surface area contributed by atoms with E-state index in [2.05, 4.69) is 34.8 Å². The van der Waals surface area contributed by atoms with Crippen molar-refractivity contribution in [3.8, 4) is 0 Å². The molecule has 3 N–H and O–H groups in total. The minimum Gasteiger partial charge on any atom is -0.469 e. The predicted molar refractivity (Wildman–Crippen MR) is 99.8 cm³/mol. The molecule has 0 aromatic carbocycles. The van der Waals surface area contributed by atoms with Gasteiger partial charge in [0.1, 0.15) is 11.4 Å². The van der Waals surface area contributed by atoms with Gasteiger partial charge in [-0.05, 0) is 38.8 Å². The number of aliphatic imine (C=N–C) groups is 1. The van der Waals surface area contributed by atoms with E-state index in [0.717, 1.165) is 31.2 Å². The fourth-order valence-electron chi connectivity index (χ4n) is 1.87. The molecule has 7 nitrogen and oxygen atoms in total. The number of alkyl carbamates (subject to hydrolysis) is 1. The highest BCUT2D eigenvalue weighted by molar-refractivity contribution is 5.79. The number of guanidine groups is 1. The highest BCUT2D eigenvalue weighted by Gasteiger charge is 2.15. The summed E-state index contributed by atoms with van der Waals surface area (Å²) >= 11 is 0. The van der Waals surface area contributed by atoms with E-state index in [0.29, 0.717) is 19.0 Å². The third kappa shape index (κ3) is 11.1. The van der Waals surface area contributed by atoms with Crippen LogP contribution in [0.5, 0.6) is 0 Å². The van der Waals surface area contributed by atoms with Crippen LogP contribution >= 0.6 is 0 Å². The highest BCUT2D eigenvalue weighted by Crippen LogP contribution is 2.06. The fraction of sp³-hybridized carbons (Fsp3) is 0.667. The molecule has 1 aromatic heterocycles. The molecule has 25 heavy (non-hydrogen) atoms. The SMILES string of the molecule is CC(C)CN=C(NCCNC(=O)OC(C)(C)C)NCCc1ccco1. The van der Waals surface area contributed by atoms with Crippen LogP contribution in [0, 0.1) is 5.92 Å². The second kappa shape index (κ2) is 10.6. The van der Waals surface area contributed by atoms with E-state index in [-0.39, 0.29) is 0 Å². The third-order valence-electron chi connectivity index (χ3n) is 2.94. The minimum absolute atomic E-state index is 0.416. The molecule has 0 bridgehead atoms. The number of amides is 1. The fourth-order valence-corrected chi connectivity index (χ4v) is 1.87. The first-order valence-electron chi connectivity index (χ1n) is 8.77. The summed E-state index contributed by atoms with van der Waals surface area (Å²) in [5, 5.41) is 9.20. The quantitative estimate of drug-likeness (QED) is 0.380. The summed E-state index contributed by atoms with van der Waals surface area (Å²) in [6, 6.07) is 3.83. The van der Waals surface area contributed by atoms with E-state index in [1.54, 1.807) is 6.26 Å². The van der Waals surface area contributed by atoms with Crippen molar-refractivity contribution in [1.82, 2.24) is 16.0 Å². The molecule has 1 heterocycles. The minimum atomic E-state index is -0.491. The molecule has 0 spiro atoms. The summed E-state index contributed by atoms with van der Waals surface area (Å²) in [6.07, 6.45) is 2.04. The van der Waals surface area contributed by atoms with Crippen molar-refractivity contribution in [3.63, 3.8) is 0 Å². The zero-order valence-corrected chi connectivity index (χ0v) is 16.0. The number of ether oxygens (including phenoxy) is 1. The molecule has 0 saturated heterocycles. The Morgan fingerprint density at radius 2 is 1.88 bits per heavy atom. The van der Waals surface area contributed by atoms with Gasteiger partial charge in [0.05, 0.1) is 6.26 Å². The van der Waals surface area contributed by atoms with Crippen LogP contribution in [-0.2, 0) is 11.2 Å². The lowest BCUT2D eigenvalue weighted by atomic mass is 10.2. The van der Waals surface area contributed by atoms with Crippen LogP contribution in [0.3, 0.4) is 0 Å². The Labute approximate surface area is 150 Å². The number of hydrogen-bond donors (Lipinski definition) is 3. The van der Waals surface area contributed by atoms with Gasteiger partial charge in [0, 0.05) is 32.6 Å². The maximum Gasteiger partial charge on any atom is 0.407 e. The summed E-state index contributed by atoms with van der Waals surface area (Å²) in [4.78, 5) is 16.1. The number of rotatable bonds is 8. The third-order valence-corrected chi connectivity index (χ3v) is 2.94. The molecule has 142 valence electrons. The van der Waals surface area contributed by atoms with Gasteiger partial charge in [-0.15, -0.1) is 0 Å². The molecule has 1 rings (SSSR count). The number of nitrogens with zero attached hydrogens (tertiary/aromatic N) is 1. The largest absolute Gasteiger partial charge is 0.469 e. The second-order valence-electron chi connectivity index (χ2n) is 7.19. The molecule has 7 heteroatoms. The van der Waals surface area contributed by atoms with Crippen LogP contribution in [0.4, 0.5) is 4.79 Å². The van der Waals surface area contributed by atoms with Crippen molar-refractivity contribution in [2.45, 2.75) is 46.6 Å². The zero-order chi connectivity index (χ0) is 18.7. The van der Waals surface area contributed by atoms with Crippen LogP contribution in [0.25, 0.3) is 0 Å². The van der Waals surface area contributed by atoms with E-state index in [1.807, 2.05) is 32.9 Å². The van der Waals surface area contributed by atoms with Crippen LogP contribution in [0.15, 0.2) is 27.8 Å². The molecule has 0 fully saturated rings. The number of nitrogens with one attached hydrogen (secondary N) is 3. The number of carbonyl (C=O) groups is 1. The van der Waals surface area contributed by atoms with Gasteiger partial charge in [-0.3, -0.25) is 4.99 Å². The number of furan rings is 1.